The van der Waals surface area contributed by atoms with E-state index in [1.807, 2.05) is 0 Å². The van der Waals surface area contributed by atoms with Gasteiger partial charge in [-0.25, -0.2) is 18.4 Å². The van der Waals surface area contributed by atoms with E-state index in [9.17, 15) is 39.6 Å². The number of carbonyl (C=O) groups excluding carboxylic acids is 1. The second kappa shape index (κ2) is 12.4. The summed E-state index contributed by atoms with van der Waals surface area (Å²) in [6.07, 6.45) is -5.37. The van der Waals surface area contributed by atoms with Gasteiger partial charge in [-0.1, -0.05) is 12.1 Å². The van der Waals surface area contributed by atoms with E-state index >= 15 is 0 Å². The predicted molar refractivity (Wildman–Crippen MR) is 145 cm³/mol. The predicted octanol–water partition coefficient (Wildman–Crippen LogP) is 4.02. The summed E-state index contributed by atoms with van der Waals surface area (Å²) in [5.74, 6) is -1.47. The van der Waals surface area contributed by atoms with Gasteiger partial charge in [0.25, 0.3) is 0 Å². The minimum absolute atomic E-state index is 0.0875. The van der Waals surface area contributed by atoms with E-state index in [4.69, 9.17) is 0 Å². The molecule has 2 aromatic carbocycles. The first-order valence-electron chi connectivity index (χ1n) is 13.0. The summed E-state index contributed by atoms with van der Waals surface area (Å²) in [7, 11) is -4.42. The largest absolute Gasteiger partial charge is 0.573 e. The van der Waals surface area contributed by atoms with Crippen molar-refractivity contribution in [2.75, 3.05) is 24.5 Å². The fourth-order valence-electron chi connectivity index (χ4n) is 4.55. The van der Waals surface area contributed by atoms with Gasteiger partial charge in [-0.15, -0.1) is 26.3 Å². The molecule has 11 nitrogen and oxygen atoms in total. The van der Waals surface area contributed by atoms with Crippen LogP contribution in [-0.2, 0) is 21.4 Å². The van der Waals surface area contributed by atoms with E-state index in [1.54, 1.807) is 11.0 Å². The summed E-state index contributed by atoms with van der Waals surface area (Å²) < 4.78 is 111. The molecule has 18 heteroatoms. The van der Waals surface area contributed by atoms with Gasteiger partial charge in [-0.2, -0.15) is 4.31 Å². The van der Waals surface area contributed by atoms with E-state index in [2.05, 4.69) is 29.7 Å². The Kier molecular flexibility index (Phi) is 8.70. The van der Waals surface area contributed by atoms with E-state index in [0.717, 1.165) is 40.7 Å². The fourth-order valence-corrected chi connectivity index (χ4v) is 6.12. The number of pyridine rings is 1. The van der Waals surface area contributed by atoms with Crippen LogP contribution in [0.1, 0.15) is 5.56 Å². The van der Waals surface area contributed by atoms with Crippen LogP contribution in [0.5, 0.6) is 11.5 Å². The van der Waals surface area contributed by atoms with Crippen molar-refractivity contribution >= 4 is 32.8 Å². The van der Waals surface area contributed by atoms with Crippen LogP contribution in [-0.4, -0.2) is 72.0 Å². The van der Waals surface area contributed by atoms with Crippen molar-refractivity contribution in [3.63, 3.8) is 0 Å². The van der Waals surface area contributed by atoms with Gasteiger partial charge in [-0.05, 0) is 48.0 Å². The average Bonchev–Trinajstić information content (AvgIpc) is 2.98. The molecule has 0 unspecified atom stereocenters. The Morgan fingerprint density at radius 1 is 0.867 bits per heavy atom. The molecule has 5 rings (SSSR count). The van der Waals surface area contributed by atoms with Crippen LogP contribution in [0.4, 0.5) is 32.2 Å². The smallest absolute Gasteiger partial charge is 0.406 e. The van der Waals surface area contributed by atoms with Crippen LogP contribution in [0.3, 0.4) is 0 Å². The third kappa shape index (κ3) is 7.88. The van der Waals surface area contributed by atoms with E-state index in [0.29, 0.717) is 22.4 Å². The number of halogens is 6. The zero-order valence-electron chi connectivity index (χ0n) is 22.8. The molecule has 0 aliphatic carbocycles. The molecule has 1 atom stereocenters. The van der Waals surface area contributed by atoms with Crippen molar-refractivity contribution in [3.05, 3.63) is 78.8 Å². The molecule has 1 aliphatic rings. The van der Waals surface area contributed by atoms with Gasteiger partial charge < -0.3 is 19.7 Å². The maximum Gasteiger partial charge on any atom is 0.573 e. The van der Waals surface area contributed by atoms with Crippen molar-refractivity contribution in [2.45, 2.75) is 30.2 Å². The van der Waals surface area contributed by atoms with Gasteiger partial charge in [0.2, 0.25) is 15.9 Å². The van der Waals surface area contributed by atoms with Gasteiger partial charge in [-0.3, -0.25) is 9.78 Å². The first-order chi connectivity index (χ1) is 21.2. The number of anilines is 1. The second-order valence-corrected chi connectivity index (χ2v) is 11.5. The van der Waals surface area contributed by atoms with Gasteiger partial charge in [0, 0.05) is 32.4 Å². The van der Waals surface area contributed by atoms with Gasteiger partial charge in [0.05, 0.1) is 22.8 Å². The lowest BCUT2D eigenvalue weighted by molar-refractivity contribution is -0.275. The molecule has 0 radical (unpaired) electrons. The number of hydrogen-bond donors (Lipinski definition) is 1. The van der Waals surface area contributed by atoms with Gasteiger partial charge >= 0.3 is 12.7 Å². The van der Waals surface area contributed by atoms with Crippen molar-refractivity contribution in [1.29, 1.82) is 0 Å². The number of alkyl halides is 6. The Labute approximate surface area is 251 Å². The number of aromatic nitrogens is 3. The van der Waals surface area contributed by atoms with Crippen molar-refractivity contribution < 1.29 is 49.0 Å². The van der Waals surface area contributed by atoms with Crippen LogP contribution < -0.4 is 19.7 Å². The maximum absolute atomic E-state index is 13.7. The van der Waals surface area contributed by atoms with Crippen LogP contribution >= 0.6 is 0 Å². The lowest BCUT2D eigenvalue weighted by atomic mass is 10.1. The molecule has 3 heterocycles. The second-order valence-electron chi connectivity index (χ2n) is 9.60. The first kappa shape index (κ1) is 31.7. The van der Waals surface area contributed by atoms with Crippen molar-refractivity contribution in [2.24, 2.45) is 0 Å². The minimum atomic E-state index is -4.98. The molecule has 238 valence electrons. The zero-order chi connectivity index (χ0) is 32.4. The van der Waals surface area contributed by atoms with Crippen LogP contribution in [0, 0.1) is 0 Å². The number of carbonyl (C=O) groups is 1. The van der Waals surface area contributed by atoms with Crippen LogP contribution in [0.2, 0.25) is 0 Å². The topological polar surface area (TPSA) is 127 Å². The summed E-state index contributed by atoms with van der Waals surface area (Å²) >= 11 is 0. The third-order valence-electron chi connectivity index (χ3n) is 6.58. The maximum atomic E-state index is 13.7. The number of ether oxygens (including phenoxy) is 2. The molecular formula is C27H22F6N6O5S. The molecule has 1 N–H and O–H groups in total. The van der Waals surface area contributed by atoms with E-state index < -0.39 is 46.2 Å². The lowest BCUT2D eigenvalue weighted by Gasteiger charge is -2.40. The Morgan fingerprint density at radius 3 is 2.11 bits per heavy atom. The fraction of sp³-hybridized carbons (Fsp3) is 0.259. The first-order valence-corrected chi connectivity index (χ1v) is 14.4. The number of benzene rings is 2. The monoisotopic (exact) mass is 656 g/mol. The molecule has 2 aromatic heterocycles. The third-order valence-corrected chi connectivity index (χ3v) is 8.50. The molecule has 4 aromatic rings. The molecule has 1 saturated heterocycles. The summed E-state index contributed by atoms with van der Waals surface area (Å²) in [6.45, 7) is -0.462. The molecule has 1 aliphatic heterocycles. The average molecular weight is 657 g/mol. The number of sulfonamides is 1. The highest BCUT2D eigenvalue weighted by atomic mass is 32.2. The normalized spacial score (nSPS) is 16.4. The standard InChI is InChI=1S/C27H22F6N6O5S/c28-26(29,30)43-18-3-1-17(2-4-18)13-36-25(40)23-16-38(24-15-35-22-14-34-10-9-21(22)37-24)11-12-39(23)45(41,42)20-7-5-19(6-8-20)44-27(31,32)33/h1-10,14-15,23H,11-13,16H2,(H,36,40)/t23-/m1/s1. The van der Waals surface area contributed by atoms with Gasteiger partial charge in [0.1, 0.15) is 28.9 Å². The molecule has 1 fully saturated rings. The Balaban J connectivity index is 1.38. The molecule has 0 bridgehead atoms. The summed E-state index contributed by atoms with van der Waals surface area (Å²) in [4.78, 5) is 27.6. The Hall–Kier alpha value is -4.71. The van der Waals surface area contributed by atoms with Crippen LogP contribution in [0.15, 0.2) is 78.1 Å². The highest BCUT2D eigenvalue weighted by molar-refractivity contribution is 7.89. The number of amides is 1. The lowest BCUT2D eigenvalue weighted by Crippen LogP contribution is -2.60. The number of fused-ring (bicyclic) bond motifs is 1. The number of hydrogen-bond acceptors (Lipinski definition) is 9. The van der Waals surface area contributed by atoms with Gasteiger partial charge in [0.15, 0.2) is 0 Å². The summed E-state index contributed by atoms with van der Waals surface area (Å²) in [6, 6.07) is 8.57. The number of nitrogens with one attached hydrogen (secondary N) is 1. The highest BCUT2D eigenvalue weighted by Gasteiger charge is 2.41. The number of piperazine rings is 1. The SMILES string of the molecule is O=C(NCc1ccc(OC(F)(F)F)cc1)[C@H]1CN(c2cnc3cnccc3n2)CCN1S(=O)(=O)c1ccc(OC(F)(F)F)cc1. The number of rotatable bonds is 8. The van der Waals surface area contributed by atoms with E-state index in [-0.39, 0.29) is 31.1 Å². The van der Waals surface area contributed by atoms with E-state index in [1.165, 1.54) is 30.7 Å². The van der Waals surface area contributed by atoms with Crippen molar-refractivity contribution in [1.82, 2.24) is 24.6 Å². The molecule has 45 heavy (non-hydrogen) atoms. The van der Waals surface area contributed by atoms with Crippen LogP contribution in [0.25, 0.3) is 11.0 Å². The molecular weight excluding hydrogens is 634 g/mol. The molecule has 0 spiro atoms. The van der Waals surface area contributed by atoms with Crippen molar-refractivity contribution in [3.8, 4) is 11.5 Å². The zero-order valence-corrected chi connectivity index (χ0v) is 23.6. The minimum Gasteiger partial charge on any atom is -0.406 e. The Bertz CT molecular complexity index is 1770. The highest BCUT2D eigenvalue weighted by Crippen LogP contribution is 2.28. The molecule has 1 amide bonds. The molecule has 0 saturated carbocycles. The Morgan fingerprint density at radius 2 is 1.49 bits per heavy atom. The summed E-state index contributed by atoms with van der Waals surface area (Å²) in [5.41, 5.74) is 1.42. The number of nitrogens with zero attached hydrogens (tertiary/aromatic N) is 5. The quantitative estimate of drug-likeness (QED) is 0.280. The summed E-state index contributed by atoms with van der Waals surface area (Å²) in [5, 5.41) is 2.60.